The summed E-state index contributed by atoms with van der Waals surface area (Å²) >= 11 is 0. The molecule has 1 rings (SSSR count). The predicted molar refractivity (Wildman–Crippen MR) is 39.5 cm³/mol. The maximum Gasteiger partial charge on any atom is 0.349 e. The van der Waals surface area contributed by atoms with E-state index >= 15 is 0 Å². The summed E-state index contributed by atoms with van der Waals surface area (Å²) in [6.07, 6.45) is 0. The van der Waals surface area contributed by atoms with Gasteiger partial charge in [-0.1, -0.05) is 0 Å². The van der Waals surface area contributed by atoms with E-state index < -0.39 is 23.2 Å². The Labute approximate surface area is 72.2 Å². The van der Waals surface area contributed by atoms with Crippen molar-refractivity contribution in [1.29, 1.82) is 0 Å². The van der Waals surface area contributed by atoms with E-state index in [0.29, 0.717) is 0 Å². The first kappa shape index (κ1) is 9.57. The Bertz CT molecular complexity index is 321. The zero-order valence-electron chi connectivity index (χ0n) is 6.43. The summed E-state index contributed by atoms with van der Waals surface area (Å²) in [5, 5.41) is 0. The third-order valence-corrected chi connectivity index (χ3v) is 1.52. The number of amides is 1. The highest BCUT2D eigenvalue weighted by Crippen LogP contribution is 2.27. The van der Waals surface area contributed by atoms with Crippen LogP contribution in [-0.4, -0.2) is 5.91 Å². The summed E-state index contributed by atoms with van der Waals surface area (Å²) in [5.41, 5.74) is 3.85. The minimum absolute atomic E-state index is 0.610. The lowest BCUT2D eigenvalue weighted by Gasteiger charge is -2.11. The molecule has 0 aliphatic carbocycles. The fourth-order valence-corrected chi connectivity index (χ4v) is 0.801. The quantitative estimate of drug-likeness (QED) is 0.750. The summed E-state index contributed by atoms with van der Waals surface area (Å²) in [6, 6.07) is 3.32. The molecule has 0 atom stereocenters. The Morgan fingerprint density at radius 1 is 1.23 bits per heavy atom. The first-order valence-corrected chi connectivity index (χ1v) is 3.38. The topological polar surface area (TPSA) is 43.1 Å². The number of alkyl halides is 2. The molecular formula is C8H6F3NO. The van der Waals surface area contributed by atoms with Gasteiger partial charge in [0, 0.05) is 5.56 Å². The predicted octanol–water partition coefficient (Wildman–Crippen LogP) is 1.40. The van der Waals surface area contributed by atoms with Gasteiger partial charge in [0.25, 0.3) is 5.91 Å². The van der Waals surface area contributed by atoms with Crippen molar-refractivity contribution in [1.82, 2.24) is 0 Å². The van der Waals surface area contributed by atoms with Crippen LogP contribution in [-0.2, 0) is 10.7 Å². The third-order valence-electron chi connectivity index (χ3n) is 1.52. The average molecular weight is 189 g/mol. The number of halogens is 3. The smallest absolute Gasteiger partial charge is 0.349 e. The number of hydrogen-bond acceptors (Lipinski definition) is 1. The molecule has 0 unspecified atom stereocenters. The van der Waals surface area contributed by atoms with Crippen LogP contribution in [0, 0.1) is 5.82 Å². The minimum atomic E-state index is -3.74. The van der Waals surface area contributed by atoms with Gasteiger partial charge in [-0.15, -0.1) is 0 Å². The standard InChI is InChI=1S/C8H6F3NO/c9-6-3-1-5(2-4-6)8(10,11)7(12)13/h1-4H,(H2,12,13). The van der Waals surface area contributed by atoms with Crippen LogP contribution in [0.4, 0.5) is 13.2 Å². The largest absolute Gasteiger partial charge is 0.364 e. The molecule has 2 N–H and O–H groups in total. The van der Waals surface area contributed by atoms with Crippen molar-refractivity contribution in [2.24, 2.45) is 5.73 Å². The molecule has 0 saturated carbocycles. The maximum atomic E-state index is 12.8. The van der Waals surface area contributed by atoms with Crippen LogP contribution < -0.4 is 5.73 Å². The number of primary amides is 1. The molecule has 0 heterocycles. The molecule has 0 spiro atoms. The first-order valence-electron chi connectivity index (χ1n) is 3.38. The Hall–Kier alpha value is -1.52. The molecule has 0 saturated heterocycles. The highest BCUT2D eigenvalue weighted by Gasteiger charge is 2.38. The van der Waals surface area contributed by atoms with Crippen LogP contribution in [0.2, 0.25) is 0 Å². The lowest BCUT2D eigenvalue weighted by Crippen LogP contribution is -2.32. The third kappa shape index (κ3) is 1.80. The number of hydrogen-bond donors (Lipinski definition) is 1. The molecule has 0 fully saturated rings. The van der Waals surface area contributed by atoms with Crippen molar-refractivity contribution in [2.45, 2.75) is 5.92 Å². The molecule has 5 heteroatoms. The van der Waals surface area contributed by atoms with Gasteiger partial charge >= 0.3 is 5.92 Å². The van der Waals surface area contributed by atoms with Crippen LogP contribution >= 0.6 is 0 Å². The van der Waals surface area contributed by atoms with E-state index in [2.05, 4.69) is 5.73 Å². The minimum Gasteiger partial charge on any atom is -0.364 e. The van der Waals surface area contributed by atoms with Crippen LogP contribution in [0.3, 0.4) is 0 Å². The fraction of sp³-hybridized carbons (Fsp3) is 0.125. The molecule has 70 valence electrons. The van der Waals surface area contributed by atoms with Gasteiger partial charge in [0.15, 0.2) is 0 Å². The molecule has 13 heavy (non-hydrogen) atoms. The van der Waals surface area contributed by atoms with Gasteiger partial charge in [0.1, 0.15) is 5.82 Å². The second kappa shape index (κ2) is 3.08. The average Bonchev–Trinajstić information content (AvgIpc) is 2.04. The van der Waals surface area contributed by atoms with E-state index in [4.69, 9.17) is 0 Å². The van der Waals surface area contributed by atoms with E-state index in [1.807, 2.05) is 0 Å². The molecule has 1 aromatic carbocycles. The van der Waals surface area contributed by atoms with E-state index in [9.17, 15) is 18.0 Å². The summed E-state index contributed by atoms with van der Waals surface area (Å²) in [6.45, 7) is 0. The lowest BCUT2D eigenvalue weighted by atomic mass is 10.1. The van der Waals surface area contributed by atoms with Crippen LogP contribution in [0.1, 0.15) is 5.56 Å². The van der Waals surface area contributed by atoms with Gasteiger partial charge in [0.2, 0.25) is 0 Å². The summed E-state index contributed by atoms with van der Waals surface area (Å²) in [5.74, 6) is -6.14. The molecule has 0 aromatic heterocycles. The van der Waals surface area contributed by atoms with Gasteiger partial charge in [-0.05, 0) is 24.3 Å². The maximum absolute atomic E-state index is 12.8. The number of nitrogens with two attached hydrogens (primary N) is 1. The molecule has 1 amide bonds. The highest BCUT2D eigenvalue weighted by molar-refractivity contribution is 5.82. The van der Waals surface area contributed by atoms with Crippen molar-refractivity contribution in [3.8, 4) is 0 Å². The Morgan fingerprint density at radius 3 is 2.08 bits per heavy atom. The van der Waals surface area contributed by atoms with Crippen molar-refractivity contribution >= 4 is 5.91 Å². The Balaban J connectivity index is 3.08. The van der Waals surface area contributed by atoms with E-state index in [1.54, 1.807) is 0 Å². The second-order valence-corrected chi connectivity index (χ2v) is 2.45. The molecule has 0 bridgehead atoms. The van der Waals surface area contributed by atoms with Gasteiger partial charge in [-0.3, -0.25) is 4.79 Å². The number of carbonyl (C=O) groups excluding carboxylic acids is 1. The summed E-state index contributed by atoms with van der Waals surface area (Å²) < 4.78 is 37.9. The van der Waals surface area contributed by atoms with Gasteiger partial charge in [-0.25, -0.2) is 4.39 Å². The molecule has 2 nitrogen and oxygen atoms in total. The first-order chi connectivity index (χ1) is 5.94. The Morgan fingerprint density at radius 2 is 1.69 bits per heavy atom. The van der Waals surface area contributed by atoms with E-state index in [-0.39, 0.29) is 0 Å². The summed E-state index contributed by atoms with van der Waals surface area (Å²) in [7, 11) is 0. The summed E-state index contributed by atoms with van der Waals surface area (Å²) in [4.78, 5) is 10.3. The van der Waals surface area contributed by atoms with Gasteiger partial charge < -0.3 is 5.73 Å². The van der Waals surface area contributed by atoms with Gasteiger partial charge in [-0.2, -0.15) is 8.78 Å². The number of rotatable bonds is 2. The zero-order chi connectivity index (χ0) is 10.1. The number of benzene rings is 1. The molecular weight excluding hydrogens is 183 g/mol. The van der Waals surface area contributed by atoms with Gasteiger partial charge in [0.05, 0.1) is 0 Å². The van der Waals surface area contributed by atoms with Crippen molar-refractivity contribution in [3.05, 3.63) is 35.6 Å². The van der Waals surface area contributed by atoms with Crippen LogP contribution in [0.15, 0.2) is 24.3 Å². The molecule has 0 radical (unpaired) electrons. The Kier molecular flexibility index (Phi) is 2.27. The normalized spacial score (nSPS) is 11.3. The van der Waals surface area contributed by atoms with Crippen LogP contribution in [0.25, 0.3) is 0 Å². The molecule has 1 aromatic rings. The SMILES string of the molecule is NC(=O)C(F)(F)c1ccc(F)cc1. The molecule has 0 aliphatic heterocycles. The van der Waals surface area contributed by atoms with E-state index in [0.717, 1.165) is 24.3 Å². The molecule has 0 aliphatic rings. The monoisotopic (exact) mass is 189 g/mol. The second-order valence-electron chi connectivity index (χ2n) is 2.45. The highest BCUT2D eigenvalue weighted by atomic mass is 19.3. The fourth-order valence-electron chi connectivity index (χ4n) is 0.801. The lowest BCUT2D eigenvalue weighted by molar-refractivity contribution is -0.143. The van der Waals surface area contributed by atoms with Crippen molar-refractivity contribution in [2.75, 3.05) is 0 Å². The van der Waals surface area contributed by atoms with Crippen molar-refractivity contribution < 1.29 is 18.0 Å². The number of carbonyl (C=O) groups is 1. The van der Waals surface area contributed by atoms with Crippen LogP contribution in [0.5, 0.6) is 0 Å². The van der Waals surface area contributed by atoms with E-state index in [1.165, 1.54) is 0 Å². The zero-order valence-corrected chi connectivity index (χ0v) is 6.43. The van der Waals surface area contributed by atoms with Crippen molar-refractivity contribution in [3.63, 3.8) is 0 Å².